The quantitative estimate of drug-likeness (QED) is 0.335. The highest BCUT2D eigenvalue weighted by Gasteiger charge is 2.22. The van der Waals surface area contributed by atoms with Crippen LogP contribution in [0.3, 0.4) is 0 Å². The topological polar surface area (TPSA) is 52.6 Å². The van der Waals surface area contributed by atoms with E-state index >= 15 is 0 Å². The van der Waals surface area contributed by atoms with E-state index in [0.29, 0.717) is 36.5 Å². The summed E-state index contributed by atoms with van der Waals surface area (Å²) in [7, 11) is 0. The lowest BCUT2D eigenvalue weighted by Crippen LogP contribution is -2.16. The molecule has 0 aliphatic rings. The number of ether oxygens (including phenoxy) is 2. The van der Waals surface area contributed by atoms with Crippen LogP contribution >= 0.6 is 11.6 Å². The minimum atomic E-state index is -0.530. The van der Waals surface area contributed by atoms with E-state index in [1.165, 1.54) is 6.07 Å². The number of benzene rings is 1. The van der Waals surface area contributed by atoms with Crippen molar-refractivity contribution >= 4 is 23.5 Å². The zero-order chi connectivity index (χ0) is 20.4. The van der Waals surface area contributed by atoms with Crippen molar-refractivity contribution in [3.63, 3.8) is 0 Å². The third-order valence-electron chi connectivity index (χ3n) is 4.33. The fourth-order valence-corrected chi connectivity index (χ4v) is 2.99. The molecule has 0 spiro atoms. The highest BCUT2D eigenvalue weighted by Crippen LogP contribution is 2.24. The molecule has 1 rings (SSSR count). The molecule has 0 N–H and O–H groups in total. The molecule has 4 nitrogen and oxygen atoms in total. The molecular formula is C22H33ClO4. The van der Waals surface area contributed by atoms with Crippen molar-refractivity contribution in [1.29, 1.82) is 0 Å². The van der Waals surface area contributed by atoms with Crippen LogP contribution in [0.4, 0.5) is 0 Å². The molecular weight excluding hydrogens is 364 g/mol. The number of hydrogen-bond acceptors (Lipinski definition) is 4. The minimum Gasteiger partial charge on any atom is -0.462 e. The van der Waals surface area contributed by atoms with Gasteiger partial charge in [-0.1, -0.05) is 46.2 Å². The first kappa shape index (κ1) is 23.5. The third kappa shape index (κ3) is 8.34. The van der Waals surface area contributed by atoms with Crippen molar-refractivity contribution in [3.05, 3.63) is 33.8 Å². The second kappa shape index (κ2) is 12.0. The standard InChI is InChI=1S/C22H33ClO4/c1-6-17-13-18(21(24)26-11-7-9-15(2)3)19(14-20(17)23)22(25)27-12-8-10-16(4)5/h13-16H,6-12H2,1-5H3. The Bertz CT molecular complexity index is 623. The lowest BCUT2D eigenvalue weighted by Gasteiger charge is -2.13. The lowest BCUT2D eigenvalue weighted by molar-refractivity contribution is 0.0447. The summed E-state index contributed by atoms with van der Waals surface area (Å²) < 4.78 is 10.7. The number of aryl methyl sites for hydroxylation is 1. The lowest BCUT2D eigenvalue weighted by atomic mass is 10.0. The van der Waals surface area contributed by atoms with Crippen LogP contribution in [0.15, 0.2) is 12.1 Å². The Kier molecular flexibility index (Phi) is 10.5. The van der Waals surface area contributed by atoms with Crippen molar-refractivity contribution in [1.82, 2.24) is 0 Å². The van der Waals surface area contributed by atoms with E-state index in [1.54, 1.807) is 6.07 Å². The normalized spacial score (nSPS) is 11.1. The molecule has 152 valence electrons. The van der Waals surface area contributed by atoms with E-state index in [2.05, 4.69) is 27.7 Å². The molecule has 1 aromatic rings. The zero-order valence-corrected chi connectivity index (χ0v) is 18.0. The van der Waals surface area contributed by atoms with E-state index in [4.69, 9.17) is 21.1 Å². The molecule has 0 atom stereocenters. The zero-order valence-electron chi connectivity index (χ0n) is 17.3. The molecule has 0 aliphatic carbocycles. The molecule has 27 heavy (non-hydrogen) atoms. The number of carbonyl (C=O) groups excluding carboxylic acids is 2. The van der Waals surface area contributed by atoms with Gasteiger partial charge in [-0.2, -0.15) is 0 Å². The summed E-state index contributed by atoms with van der Waals surface area (Å²) in [5.41, 5.74) is 1.22. The Morgan fingerprint density at radius 1 is 0.889 bits per heavy atom. The van der Waals surface area contributed by atoms with Crippen LogP contribution in [0, 0.1) is 11.8 Å². The number of carbonyl (C=O) groups is 2. The summed E-state index contributed by atoms with van der Waals surface area (Å²) in [4.78, 5) is 25.0. The number of halogens is 1. The van der Waals surface area contributed by atoms with Gasteiger partial charge in [0.2, 0.25) is 0 Å². The molecule has 0 radical (unpaired) electrons. The first-order valence-corrected chi connectivity index (χ1v) is 10.3. The van der Waals surface area contributed by atoms with Crippen LogP contribution in [-0.2, 0) is 15.9 Å². The van der Waals surface area contributed by atoms with Gasteiger partial charge in [0.15, 0.2) is 0 Å². The Balaban J connectivity index is 2.87. The van der Waals surface area contributed by atoms with Gasteiger partial charge in [-0.3, -0.25) is 0 Å². The molecule has 0 aliphatic heterocycles. The highest BCUT2D eigenvalue weighted by atomic mass is 35.5. The molecule has 0 fully saturated rings. The molecule has 0 bridgehead atoms. The molecule has 1 aromatic carbocycles. The van der Waals surface area contributed by atoms with Gasteiger partial charge >= 0.3 is 11.9 Å². The second-order valence-corrected chi connectivity index (χ2v) is 8.09. The summed E-state index contributed by atoms with van der Waals surface area (Å²) in [6.07, 6.45) is 4.22. The fourth-order valence-electron chi connectivity index (χ4n) is 2.70. The Morgan fingerprint density at radius 2 is 1.33 bits per heavy atom. The predicted molar refractivity (Wildman–Crippen MR) is 110 cm³/mol. The smallest absolute Gasteiger partial charge is 0.339 e. The second-order valence-electron chi connectivity index (χ2n) is 7.69. The minimum absolute atomic E-state index is 0.176. The van der Waals surface area contributed by atoms with Gasteiger partial charge in [0.05, 0.1) is 24.3 Å². The molecule has 0 aromatic heterocycles. The van der Waals surface area contributed by atoms with Gasteiger partial charge in [-0.25, -0.2) is 9.59 Å². The van der Waals surface area contributed by atoms with Crippen LogP contribution in [-0.4, -0.2) is 25.2 Å². The molecule has 5 heteroatoms. The maximum Gasteiger partial charge on any atom is 0.339 e. The summed E-state index contributed by atoms with van der Waals surface area (Å²) in [5, 5.41) is 0.461. The van der Waals surface area contributed by atoms with Crippen LogP contribution in [0.5, 0.6) is 0 Å². The van der Waals surface area contributed by atoms with Gasteiger partial charge in [0.1, 0.15) is 0 Å². The number of esters is 2. The molecule has 0 saturated heterocycles. The molecule has 0 heterocycles. The van der Waals surface area contributed by atoms with Crippen LogP contribution in [0.2, 0.25) is 5.02 Å². The number of hydrogen-bond donors (Lipinski definition) is 0. The van der Waals surface area contributed by atoms with Crippen molar-refractivity contribution in [2.75, 3.05) is 13.2 Å². The summed E-state index contributed by atoms with van der Waals surface area (Å²) in [5.74, 6) is 0.0809. The SMILES string of the molecule is CCc1cc(C(=O)OCCCC(C)C)c(C(=O)OCCCC(C)C)cc1Cl. The largest absolute Gasteiger partial charge is 0.462 e. The molecule has 0 amide bonds. The van der Waals surface area contributed by atoms with Crippen molar-refractivity contribution in [2.45, 2.75) is 66.7 Å². The van der Waals surface area contributed by atoms with E-state index in [9.17, 15) is 9.59 Å². The van der Waals surface area contributed by atoms with E-state index < -0.39 is 11.9 Å². The fraction of sp³-hybridized carbons (Fsp3) is 0.636. The van der Waals surface area contributed by atoms with E-state index in [0.717, 1.165) is 31.2 Å². The van der Waals surface area contributed by atoms with Gasteiger partial charge < -0.3 is 9.47 Å². The summed E-state index contributed by atoms with van der Waals surface area (Å²) >= 11 is 6.25. The Labute approximate surface area is 168 Å². The van der Waals surface area contributed by atoms with Gasteiger partial charge in [0, 0.05) is 5.02 Å². The summed E-state index contributed by atoms with van der Waals surface area (Å²) in [6.45, 7) is 11.1. The Hall–Kier alpha value is -1.55. The maximum absolute atomic E-state index is 12.5. The van der Waals surface area contributed by atoms with Crippen LogP contribution in [0.1, 0.15) is 86.6 Å². The van der Waals surface area contributed by atoms with Gasteiger partial charge in [-0.15, -0.1) is 0 Å². The van der Waals surface area contributed by atoms with Gasteiger partial charge in [-0.05, 0) is 61.6 Å². The highest BCUT2D eigenvalue weighted by molar-refractivity contribution is 6.32. The van der Waals surface area contributed by atoms with Crippen LogP contribution in [0.25, 0.3) is 0 Å². The van der Waals surface area contributed by atoms with E-state index in [-0.39, 0.29) is 11.1 Å². The predicted octanol–water partition coefficient (Wildman–Crippen LogP) is 6.09. The van der Waals surface area contributed by atoms with Gasteiger partial charge in [0.25, 0.3) is 0 Å². The Morgan fingerprint density at radius 3 is 1.74 bits per heavy atom. The first-order valence-electron chi connectivity index (χ1n) is 9.92. The summed E-state index contributed by atoms with van der Waals surface area (Å²) in [6, 6.07) is 3.17. The third-order valence-corrected chi connectivity index (χ3v) is 4.68. The van der Waals surface area contributed by atoms with Crippen molar-refractivity contribution < 1.29 is 19.1 Å². The van der Waals surface area contributed by atoms with E-state index in [1.807, 2.05) is 6.92 Å². The number of rotatable bonds is 11. The molecule has 0 saturated carbocycles. The monoisotopic (exact) mass is 396 g/mol. The average molecular weight is 397 g/mol. The average Bonchev–Trinajstić information content (AvgIpc) is 2.61. The van der Waals surface area contributed by atoms with Crippen molar-refractivity contribution in [3.8, 4) is 0 Å². The molecule has 0 unspecified atom stereocenters. The first-order chi connectivity index (χ1) is 12.8. The van der Waals surface area contributed by atoms with Crippen LogP contribution < -0.4 is 0 Å². The maximum atomic E-state index is 12.5. The van der Waals surface area contributed by atoms with Crippen molar-refractivity contribution in [2.24, 2.45) is 11.8 Å².